The third-order valence-corrected chi connectivity index (χ3v) is 5.33. The zero-order valence-electron chi connectivity index (χ0n) is 15.1. The lowest BCUT2D eigenvalue weighted by molar-refractivity contribution is -0.466. The van der Waals surface area contributed by atoms with Gasteiger partial charge < -0.3 is 5.11 Å². The molecule has 6 nitrogen and oxygen atoms in total. The predicted molar refractivity (Wildman–Crippen MR) is 86.5 cm³/mol. The molecule has 2 atom stereocenters. The molecule has 0 saturated carbocycles. The zero-order valence-corrected chi connectivity index (χ0v) is 15.1. The van der Waals surface area contributed by atoms with E-state index in [0.717, 1.165) is 32.1 Å². The molecule has 0 fully saturated rings. The number of hydrogen-bond donors (Lipinski definition) is 2. The van der Waals surface area contributed by atoms with Crippen LogP contribution in [0.2, 0.25) is 0 Å². The van der Waals surface area contributed by atoms with Crippen molar-refractivity contribution in [3.05, 3.63) is 0 Å². The molecule has 0 heterocycles. The summed E-state index contributed by atoms with van der Waals surface area (Å²) in [5.41, 5.74) is -1.56. The largest absolute Gasteiger partial charge is 0.481 e. The van der Waals surface area contributed by atoms with Crippen LogP contribution in [0.5, 0.6) is 0 Å². The van der Waals surface area contributed by atoms with E-state index in [0.29, 0.717) is 6.42 Å². The van der Waals surface area contributed by atoms with Crippen LogP contribution >= 0.6 is 0 Å². The molecule has 0 aromatic heterocycles. The summed E-state index contributed by atoms with van der Waals surface area (Å²) in [6, 6.07) is 0. The van der Waals surface area contributed by atoms with E-state index in [1.54, 1.807) is 13.8 Å². The number of carbonyl (C=O) groups is 2. The van der Waals surface area contributed by atoms with Crippen molar-refractivity contribution in [2.24, 2.45) is 16.7 Å². The molecule has 0 aliphatic carbocycles. The number of rotatable bonds is 12. The molecule has 0 aromatic carbocycles. The van der Waals surface area contributed by atoms with E-state index in [9.17, 15) is 14.7 Å². The first-order valence-electron chi connectivity index (χ1n) is 8.41. The van der Waals surface area contributed by atoms with Crippen LogP contribution in [0.15, 0.2) is 0 Å². The molecular weight excluding hydrogens is 300 g/mol. The Bertz CT molecular complexity index is 379. The molecule has 0 amide bonds. The van der Waals surface area contributed by atoms with Gasteiger partial charge in [0.15, 0.2) is 0 Å². The lowest BCUT2D eigenvalue weighted by Gasteiger charge is -2.47. The van der Waals surface area contributed by atoms with Crippen LogP contribution in [0.4, 0.5) is 0 Å². The summed E-state index contributed by atoms with van der Waals surface area (Å²) in [4.78, 5) is 28.0. The first-order chi connectivity index (χ1) is 10.7. The Kier molecular flexibility index (Phi) is 9.39. The topological polar surface area (TPSA) is 93.1 Å². The maximum Gasteiger partial charge on any atom is 0.351 e. The maximum absolute atomic E-state index is 12.3. The van der Waals surface area contributed by atoms with Crippen LogP contribution in [-0.2, 0) is 19.5 Å². The van der Waals surface area contributed by atoms with Gasteiger partial charge in [-0.3, -0.25) is 9.68 Å². The summed E-state index contributed by atoms with van der Waals surface area (Å²) in [5.74, 6) is -1.71. The molecule has 0 aliphatic heterocycles. The third kappa shape index (κ3) is 5.77. The molecule has 0 rings (SSSR count). The van der Waals surface area contributed by atoms with Gasteiger partial charge in [0.05, 0.1) is 5.41 Å². The van der Waals surface area contributed by atoms with E-state index < -0.39 is 22.8 Å². The van der Waals surface area contributed by atoms with Gasteiger partial charge in [-0.25, -0.2) is 10.1 Å². The van der Waals surface area contributed by atoms with Crippen LogP contribution in [-0.4, -0.2) is 22.3 Å². The van der Waals surface area contributed by atoms with Crippen LogP contribution < -0.4 is 0 Å². The van der Waals surface area contributed by atoms with Gasteiger partial charge in [-0.1, -0.05) is 46.5 Å². The number of hydrogen-bond acceptors (Lipinski definition) is 5. The van der Waals surface area contributed by atoms with Gasteiger partial charge in [0.1, 0.15) is 0 Å². The van der Waals surface area contributed by atoms with E-state index in [-0.39, 0.29) is 12.3 Å². The highest BCUT2D eigenvalue weighted by Gasteiger charge is 2.52. The predicted octanol–water partition coefficient (Wildman–Crippen LogP) is 4.44. The van der Waals surface area contributed by atoms with E-state index in [4.69, 9.17) is 5.26 Å². The minimum Gasteiger partial charge on any atom is -0.481 e. The normalized spacial score (nSPS) is 15.7. The standard InChI is InChI=1S/C17H32O6/c1-6-8-10-13(12-14(18)19)17(5,11-9-7-2)16(3,4)15(20)22-23-21/h13,21H,6-12H2,1-5H3,(H,18,19). The van der Waals surface area contributed by atoms with Crippen molar-refractivity contribution in [2.45, 2.75) is 79.6 Å². The summed E-state index contributed by atoms with van der Waals surface area (Å²) in [6.45, 7) is 9.52. The lowest BCUT2D eigenvalue weighted by atomic mass is 9.56. The number of carbonyl (C=O) groups excluding carboxylic acids is 1. The summed E-state index contributed by atoms with van der Waals surface area (Å²) in [7, 11) is 0. The Morgan fingerprint density at radius 3 is 2.09 bits per heavy atom. The molecule has 2 N–H and O–H groups in total. The number of unbranched alkanes of at least 4 members (excludes halogenated alkanes) is 2. The number of carboxylic acids is 1. The van der Waals surface area contributed by atoms with Gasteiger partial charge in [-0.05, 0) is 43.1 Å². The van der Waals surface area contributed by atoms with Crippen molar-refractivity contribution in [3.8, 4) is 0 Å². The van der Waals surface area contributed by atoms with Crippen molar-refractivity contribution in [2.75, 3.05) is 0 Å². The van der Waals surface area contributed by atoms with E-state index in [1.807, 2.05) is 6.92 Å². The Morgan fingerprint density at radius 1 is 1.09 bits per heavy atom. The fourth-order valence-corrected chi connectivity index (χ4v) is 3.25. The van der Waals surface area contributed by atoms with Gasteiger partial charge in [0.25, 0.3) is 0 Å². The number of aliphatic carboxylic acids is 1. The lowest BCUT2D eigenvalue weighted by Crippen LogP contribution is -2.48. The first kappa shape index (κ1) is 21.9. The molecule has 0 saturated heterocycles. The van der Waals surface area contributed by atoms with Crippen LogP contribution in [0.3, 0.4) is 0 Å². The zero-order chi connectivity index (χ0) is 18.1. The molecule has 0 bridgehead atoms. The summed E-state index contributed by atoms with van der Waals surface area (Å²) in [5, 5.41) is 21.3. The summed E-state index contributed by atoms with van der Waals surface area (Å²) in [6.07, 6.45) is 5.15. The second-order valence-corrected chi connectivity index (χ2v) is 7.03. The van der Waals surface area contributed by atoms with Gasteiger partial charge in [0.2, 0.25) is 0 Å². The highest BCUT2D eigenvalue weighted by atomic mass is 17.5. The van der Waals surface area contributed by atoms with Crippen molar-refractivity contribution < 1.29 is 29.9 Å². The van der Waals surface area contributed by atoms with Crippen molar-refractivity contribution in [1.82, 2.24) is 0 Å². The molecule has 0 spiro atoms. The SMILES string of the molecule is CCCCC(CC(=O)O)C(C)(CCCC)C(C)(C)C(=O)OOO. The average molecular weight is 332 g/mol. The van der Waals surface area contributed by atoms with Crippen molar-refractivity contribution in [1.29, 1.82) is 0 Å². The Hall–Kier alpha value is -1.14. The first-order valence-corrected chi connectivity index (χ1v) is 8.41. The van der Waals surface area contributed by atoms with Crippen LogP contribution in [0, 0.1) is 16.7 Å². The monoisotopic (exact) mass is 332 g/mol. The Balaban J connectivity index is 5.68. The van der Waals surface area contributed by atoms with Gasteiger partial charge in [-0.2, -0.15) is 0 Å². The van der Waals surface area contributed by atoms with Crippen LogP contribution in [0.1, 0.15) is 79.6 Å². The smallest absolute Gasteiger partial charge is 0.351 e. The molecule has 0 aromatic rings. The molecule has 0 aliphatic rings. The highest BCUT2D eigenvalue weighted by molar-refractivity contribution is 5.76. The average Bonchev–Trinajstić information content (AvgIpc) is 2.48. The second-order valence-electron chi connectivity index (χ2n) is 7.03. The molecule has 136 valence electrons. The molecular formula is C17H32O6. The Morgan fingerprint density at radius 2 is 1.65 bits per heavy atom. The van der Waals surface area contributed by atoms with E-state index in [2.05, 4.69) is 23.8 Å². The quantitative estimate of drug-likeness (QED) is 0.405. The van der Waals surface area contributed by atoms with Crippen molar-refractivity contribution >= 4 is 11.9 Å². The summed E-state index contributed by atoms with van der Waals surface area (Å²) < 4.78 is 0. The minimum atomic E-state index is -0.987. The molecule has 23 heavy (non-hydrogen) atoms. The van der Waals surface area contributed by atoms with Crippen LogP contribution in [0.25, 0.3) is 0 Å². The van der Waals surface area contributed by atoms with Gasteiger partial charge in [0, 0.05) is 6.42 Å². The fourth-order valence-electron chi connectivity index (χ4n) is 3.25. The minimum absolute atomic E-state index is 0.0108. The maximum atomic E-state index is 12.3. The van der Waals surface area contributed by atoms with Gasteiger partial charge >= 0.3 is 11.9 Å². The van der Waals surface area contributed by atoms with Crippen molar-refractivity contribution in [3.63, 3.8) is 0 Å². The number of carboxylic acid groups (broad SMARTS) is 1. The van der Waals surface area contributed by atoms with E-state index in [1.165, 1.54) is 0 Å². The van der Waals surface area contributed by atoms with E-state index >= 15 is 0 Å². The second kappa shape index (κ2) is 9.88. The fraction of sp³-hybridized carbons (Fsp3) is 0.882. The molecule has 2 unspecified atom stereocenters. The van der Waals surface area contributed by atoms with Gasteiger partial charge in [-0.15, -0.1) is 0 Å². The molecule has 6 heteroatoms. The Labute approximate surface area is 139 Å². The molecule has 0 radical (unpaired) electrons. The third-order valence-electron chi connectivity index (χ3n) is 5.33. The highest BCUT2D eigenvalue weighted by Crippen LogP contribution is 2.52. The summed E-state index contributed by atoms with van der Waals surface area (Å²) >= 11 is 0.